The molecule has 5 nitrogen and oxygen atoms in total. The molecule has 18 heavy (non-hydrogen) atoms. The molecular weight excluding hydrogens is 254 g/mol. The first kappa shape index (κ1) is 12.6. The van der Waals surface area contributed by atoms with Crippen LogP contribution in [-0.2, 0) is 19.4 Å². The van der Waals surface area contributed by atoms with Crippen LogP contribution in [0, 0.1) is 0 Å². The number of hydrogen-bond donors (Lipinski definition) is 1. The zero-order valence-corrected chi connectivity index (χ0v) is 10.7. The minimum Gasteiger partial charge on any atom is -0.465 e. The largest absolute Gasteiger partial charge is 0.465 e. The molecule has 0 radical (unpaired) electrons. The molecular formula is C12H13NO4S. The summed E-state index contributed by atoms with van der Waals surface area (Å²) in [5.74, 6) is -0.482. The molecule has 0 aromatic heterocycles. The van der Waals surface area contributed by atoms with E-state index in [1.54, 1.807) is 31.2 Å². The lowest BCUT2D eigenvalue weighted by Crippen LogP contribution is -2.26. The van der Waals surface area contributed by atoms with Crippen LogP contribution in [0.2, 0.25) is 0 Å². The summed E-state index contributed by atoms with van der Waals surface area (Å²) >= 11 is 0. The molecule has 0 amide bonds. The van der Waals surface area contributed by atoms with Crippen molar-refractivity contribution in [3.05, 3.63) is 34.9 Å². The van der Waals surface area contributed by atoms with Crippen molar-refractivity contribution in [2.75, 3.05) is 13.2 Å². The van der Waals surface area contributed by atoms with Gasteiger partial charge in [0.1, 0.15) is 11.6 Å². The monoisotopic (exact) mass is 267 g/mol. The van der Waals surface area contributed by atoms with Gasteiger partial charge in [0.05, 0.1) is 11.5 Å². The van der Waals surface area contributed by atoms with Crippen molar-refractivity contribution in [1.82, 2.24) is 5.32 Å². The molecule has 1 aliphatic heterocycles. The maximum absolute atomic E-state index is 12.1. The number of fused-ring (bicyclic) bond motifs is 1. The summed E-state index contributed by atoms with van der Waals surface area (Å²) in [6.07, 6.45) is 1.52. The summed E-state index contributed by atoms with van der Waals surface area (Å²) in [5.41, 5.74) is 0.629. The van der Waals surface area contributed by atoms with Gasteiger partial charge in [-0.25, -0.2) is 8.42 Å². The lowest BCUT2D eigenvalue weighted by atomic mass is 10.2. The van der Waals surface area contributed by atoms with Gasteiger partial charge in [0.15, 0.2) is 0 Å². The summed E-state index contributed by atoms with van der Waals surface area (Å²) in [7, 11) is -3.51. The maximum atomic E-state index is 12.1. The van der Waals surface area contributed by atoms with Gasteiger partial charge in [0.2, 0.25) is 9.84 Å². The molecule has 1 heterocycles. The van der Waals surface area contributed by atoms with Gasteiger partial charge in [-0.05, 0) is 24.6 Å². The number of sulfone groups is 1. The quantitative estimate of drug-likeness (QED) is 0.821. The van der Waals surface area contributed by atoms with Gasteiger partial charge >= 0.3 is 5.97 Å². The van der Waals surface area contributed by atoms with Crippen molar-refractivity contribution in [3.8, 4) is 0 Å². The third-order valence-electron chi connectivity index (χ3n) is 2.50. The molecule has 2 rings (SSSR count). The van der Waals surface area contributed by atoms with Gasteiger partial charge in [0, 0.05) is 0 Å². The van der Waals surface area contributed by atoms with E-state index in [1.807, 2.05) is 0 Å². The van der Waals surface area contributed by atoms with Crippen LogP contribution < -0.4 is 5.32 Å². The van der Waals surface area contributed by atoms with Gasteiger partial charge in [0.25, 0.3) is 0 Å². The molecule has 1 aromatic carbocycles. The molecule has 0 fully saturated rings. The predicted molar refractivity (Wildman–Crippen MR) is 66.2 cm³/mol. The second kappa shape index (κ2) is 4.81. The fourth-order valence-electron chi connectivity index (χ4n) is 1.70. The lowest BCUT2D eigenvalue weighted by Gasteiger charge is -2.06. The van der Waals surface area contributed by atoms with E-state index in [1.165, 1.54) is 6.08 Å². The second-order valence-corrected chi connectivity index (χ2v) is 5.59. The molecule has 1 N–H and O–H groups in total. The highest BCUT2D eigenvalue weighted by molar-refractivity contribution is 7.95. The number of carbonyl (C=O) groups is 1. The van der Waals surface area contributed by atoms with E-state index < -0.39 is 15.8 Å². The average Bonchev–Trinajstić information content (AvgIpc) is 2.59. The number of carbonyl (C=O) groups excluding carboxylic acids is 1. The Labute approximate surface area is 105 Å². The van der Waals surface area contributed by atoms with Crippen LogP contribution in [0.5, 0.6) is 0 Å². The molecule has 0 atom stereocenters. The van der Waals surface area contributed by atoms with Crippen LogP contribution in [-0.4, -0.2) is 27.5 Å². The molecule has 0 spiro atoms. The lowest BCUT2D eigenvalue weighted by molar-refractivity contribution is -0.141. The minimum atomic E-state index is -3.51. The molecule has 0 saturated carbocycles. The van der Waals surface area contributed by atoms with Crippen molar-refractivity contribution in [3.63, 3.8) is 0 Å². The van der Waals surface area contributed by atoms with Crippen molar-refractivity contribution in [2.24, 2.45) is 0 Å². The van der Waals surface area contributed by atoms with Crippen LogP contribution in [0.25, 0.3) is 6.08 Å². The van der Waals surface area contributed by atoms with Crippen LogP contribution in [0.1, 0.15) is 12.5 Å². The van der Waals surface area contributed by atoms with Crippen LogP contribution >= 0.6 is 0 Å². The molecule has 0 aliphatic carbocycles. The van der Waals surface area contributed by atoms with Crippen LogP contribution in [0.4, 0.5) is 0 Å². The number of nitrogens with one attached hydrogen (secondary N) is 1. The Morgan fingerprint density at radius 3 is 2.72 bits per heavy atom. The Bertz CT molecular complexity index is 604. The number of hydrogen-bond acceptors (Lipinski definition) is 5. The Morgan fingerprint density at radius 2 is 2.06 bits per heavy atom. The maximum Gasteiger partial charge on any atom is 0.325 e. The molecule has 1 aliphatic rings. The van der Waals surface area contributed by atoms with Crippen molar-refractivity contribution in [2.45, 2.75) is 11.8 Å². The Hall–Kier alpha value is -1.82. The van der Waals surface area contributed by atoms with Gasteiger partial charge in [-0.3, -0.25) is 4.79 Å². The summed E-state index contributed by atoms with van der Waals surface area (Å²) in [5, 5.41) is 2.64. The SMILES string of the molecule is CCOC(=O)CNC1=Cc2ccccc2S1(=O)=O. The fourth-order valence-corrected chi connectivity index (χ4v) is 3.18. The summed E-state index contributed by atoms with van der Waals surface area (Å²) < 4.78 is 28.9. The Morgan fingerprint density at radius 1 is 1.33 bits per heavy atom. The fraction of sp³-hybridized carbons (Fsp3) is 0.250. The summed E-state index contributed by atoms with van der Waals surface area (Å²) in [6.45, 7) is 1.80. The first-order chi connectivity index (χ1) is 8.55. The van der Waals surface area contributed by atoms with Gasteiger partial charge in [-0.2, -0.15) is 0 Å². The zero-order valence-electron chi connectivity index (χ0n) is 9.84. The molecule has 0 saturated heterocycles. The zero-order chi connectivity index (χ0) is 13.2. The molecule has 1 aromatic rings. The van der Waals surface area contributed by atoms with E-state index in [0.29, 0.717) is 5.56 Å². The summed E-state index contributed by atoms with van der Waals surface area (Å²) in [6, 6.07) is 6.68. The number of benzene rings is 1. The number of esters is 1. The highest BCUT2D eigenvalue weighted by Gasteiger charge is 2.29. The van der Waals surface area contributed by atoms with Gasteiger partial charge in [-0.1, -0.05) is 18.2 Å². The van der Waals surface area contributed by atoms with Gasteiger partial charge in [-0.15, -0.1) is 0 Å². The molecule has 6 heteroatoms. The minimum absolute atomic E-state index is 0.0387. The van der Waals surface area contributed by atoms with E-state index in [2.05, 4.69) is 5.32 Å². The Kier molecular flexibility index (Phi) is 3.38. The van der Waals surface area contributed by atoms with Crippen molar-refractivity contribution in [1.29, 1.82) is 0 Å². The second-order valence-electron chi connectivity index (χ2n) is 3.71. The van der Waals surface area contributed by atoms with E-state index in [4.69, 9.17) is 4.74 Å². The molecule has 96 valence electrons. The van der Waals surface area contributed by atoms with Crippen LogP contribution in [0.3, 0.4) is 0 Å². The molecule has 0 bridgehead atoms. The third kappa shape index (κ3) is 2.24. The topological polar surface area (TPSA) is 72.5 Å². The standard InChI is InChI=1S/C12H13NO4S/c1-2-17-12(14)8-13-11-7-9-5-3-4-6-10(9)18(11,15)16/h3-7,13H,2,8H2,1H3. The van der Waals surface area contributed by atoms with E-state index in [0.717, 1.165) is 0 Å². The van der Waals surface area contributed by atoms with E-state index in [9.17, 15) is 13.2 Å². The number of ether oxygens (including phenoxy) is 1. The van der Waals surface area contributed by atoms with E-state index >= 15 is 0 Å². The van der Waals surface area contributed by atoms with E-state index in [-0.39, 0.29) is 23.1 Å². The smallest absolute Gasteiger partial charge is 0.325 e. The highest BCUT2D eigenvalue weighted by atomic mass is 32.2. The number of rotatable bonds is 4. The average molecular weight is 267 g/mol. The molecule has 0 unspecified atom stereocenters. The summed E-state index contributed by atoms with van der Waals surface area (Å²) in [4.78, 5) is 11.4. The Balaban J connectivity index is 2.16. The van der Waals surface area contributed by atoms with Crippen molar-refractivity contribution >= 4 is 21.9 Å². The van der Waals surface area contributed by atoms with Crippen molar-refractivity contribution < 1.29 is 17.9 Å². The van der Waals surface area contributed by atoms with Gasteiger partial charge < -0.3 is 10.1 Å². The third-order valence-corrected chi connectivity index (χ3v) is 4.29. The first-order valence-corrected chi connectivity index (χ1v) is 6.99. The normalized spacial score (nSPS) is 15.7. The first-order valence-electron chi connectivity index (χ1n) is 5.51. The highest BCUT2D eigenvalue weighted by Crippen LogP contribution is 2.30. The van der Waals surface area contributed by atoms with Crippen LogP contribution in [0.15, 0.2) is 34.2 Å². The predicted octanol–water partition coefficient (Wildman–Crippen LogP) is 0.925.